The Bertz CT molecular complexity index is 1260. The van der Waals surface area contributed by atoms with Crippen LogP contribution >= 0.6 is 0 Å². The third kappa shape index (κ3) is 3.75. The molecule has 174 valence electrons. The first-order valence-corrected chi connectivity index (χ1v) is 11.9. The molecule has 0 radical (unpaired) electrons. The van der Waals surface area contributed by atoms with E-state index in [0.717, 1.165) is 57.1 Å². The molecule has 17 heteroatoms. The predicted octanol–water partition coefficient (Wildman–Crippen LogP) is 0.121. The van der Waals surface area contributed by atoms with Crippen molar-refractivity contribution in [2.45, 2.75) is 22.1 Å². The molecule has 0 aromatic heterocycles. The van der Waals surface area contributed by atoms with Crippen molar-refractivity contribution in [2.24, 2.45) is 0 Å². The molecule has 0 bridgehead atoms. The number of nitrogens with zero attached hydrogens (tertiary/aromatic N) is 4. The lowest BCUT2D eigenvalue weighted by molar-refractivity contribution is -0.385. The van der Waals surface area contributed by atoms with E-state index in [1.54, 1.807) is 0 Å². The van der Waals surface area contributed by atoms with E-state index < -0.39 is 54.9 Å². The van der Waals surface area contributed by atoms with Crippen LogP contribution in [0.1, 0.15) is 0 Å². The molecule has 2 N–H and O–H groups in total. The summed E-state index contributed by atoms with van der Waals surface area (Å²) in [6, 6.07) is 7.13. The maximum atomic E-state index is 13.2. The van der Waals surface area contributed by atoms with E-state index in [2.05, 4.69) is 10.6 Å². The molecule has 33 heavy (non-hydrogen) atoms. The highest BCUT2D eigenvalue weighted by Gasteiger charge is 2.55. The van der Waals surface area contributed by atoms with Gasteiger partial charge < -0.3 is 10.6 Å². The minimum Gasteiger partial charge on any atom is -0.318 e. The highest BCUT2D eigenvalue weighted by Crippen LogP contribution is 2.33. The number of benzene rings is 2. The number of rotatable bonds is 6. The lowest BCUT2D eigenvalue weighted by Gasteiger charge is -2.21. The van der Waals surface area contributed by atoms with Crippen LogP contribution < -0.4 is 10.6 Å². The molecule has 2 saturated heterocycles. The number of carbonyl (C=O) groups excluding carboxylic acids is 1. The molecule has 2 aromatic carbocycles. The second kappa shape index (κ2) is 7.73. The zero-order valence-electron chi connectivity index (χ0n) is 16.3. The highest BCUT2D eigenvalue weighted by atomic mass is 32.2. The zero-order valence-corrected chi connectivity index (χ0v) is 17.9. The summed E-state index contributed by atoms with van der Waals surface area (Å²) < 4.78 is 54.2. The van der Waals surface area contributed by atoms with Crippen LogP contribution in [-0.4, -0.2) is 60.3 Å². The van der Waals surface area contributed by atoms with Crippen molar-refractivity contribution < 1.29 is 31.5 Å². The van der Waals surface area contributed by atoms with E-state index >= 15 is 0 Å². The van der Waals surface area contributed by atoms with E-state index in [4.69, 9.17) is 0 Å². The Morgan fingerprint density at radius 1 is 0.727 bits per heavy atom. The topological polar surface area (TPSA) is 202 Å². The van der Waals surface area contributed by atoms with Gasteiger partial charge in [0.1, 0.15) is 12.3 Å². The summed E-state index contributed by atoms with van der Waals surface area (Å²) >= 11 is 0. The van der Waals surface area contributed by atoms with Gasteiger partial charge in [0, 0.05) is 24.3 Å². The number of hydrogen-bond donors (Lipinski definition) is 2. The molecular formula is C16H14N6O9S2. The highest BCUT2D eigenvalue weighted by molar-refractivity contribution is 7.90. The Morgan fingerprint density at radius 2 is 1.06 bits per heavy atom. The first-order chi connectivity index (χ1) is 15.4. The van der Waals surface area contributed by atoms with E-state index in [1.165, 1.54) is 0 Å². The largest absolute Gasteiger partial charge is 0.318 e. The van der Waals surface area contributed by atoms with Crippen molar-refractivity contribution in [1.29, 1.82) is 0 Å². The quantitative estimate of drug-likeness (QED) is 0.409. The zero-order chi connectivity index (χ0) is 24.1. The van der Waals surface area contributed by atoms with Gasteiger partial charge in [-0.05, 0) is 24.3 Å². The number of hydrogen-bond acceptors (Lipinski definition) is 9. The molecule has 0 spiro atoms. The fourth-order valence-electron chi connectivity index (χ4n) is 3.44. The molecule has 2 atom stereocenters. The Balaban J connectivity index is 1.70. The number of amides is 2. The Hall–Kier alpha value is -3.67. The molecule has 0 unspecified atom stereocenters. The van der Waals surface area contributed by atoms with E-state index in [9.17, 15) is 41.9 Å². The minimum atomic E-state index is -4.39. The summed E-state index contributed by atoms with van der Waals surface area (Å²) in [5.74, 6) is 0. The summed E-state index contributed by atoms with van der Waals surface area (Å²) in [6.07, 6.45) is -2.60. The van der Waals surface area contributed by atoms with Gasteiger partial charge in [0.25, 0.3) is 11.4 Å². The number of nitro groups is 2. The number of nitrogens with one attached hydrogen (secondary N) is 2. The number of nitro benzene ring substituents is 2. The summed E-state index contributed by atoms with van der Waals surface area (Å²) in [4.78, 5) is 31.5. The van der Waals surface area contributed by atoms with Crippen LogP contribution in [0.2, 0.25) is 0 Å². The van der Waals surface area contributed by atoms with Crippen LogP contribution in [0, 0.1) is 20.2 Å². The number of carbonyl (C=O) groups is 1. The molecule has 2 amide bonds. The lowest BCUT2D eigenvalue weighted by Crippen LogP contribution is -2.46. The Kier molecular flexibility index (Phi) is 5.27. The third-order valence-electron chi connectivity index (χ3n) is 5.06. The van der Waals surface area contributed by atoms with Gasteiger partial charge in [-0.2, -0.15) is 8.61 Å². The Labute approximate surface area is 186 Å². The fraction of sp³-hybridized carbons (Fsp3) is 0.188. The van der Waals surface area contributed by atoms with Gasteiger partial charge in [0.15, 0.2) is 0 Å². The molecule has 2 heterocycles. The van der Waals surface area contributed by atoms with Gasteiger partial charge in [-0.1, -0.05) is 0 Å². The normalized spacial score (nSPS) is 21.3. The van der Waals surface area contributed by atoms with Crippen LogP contribution in [0.25, 0.3) is 0 Å². The summed E-state index contributed by atoms with van der Waals surface area (Å²) in [7, 11) is -8.78. The van der Waals surface area contributed by atoms with Gasteiger partial charge in [0.2, 0.25) is 20.0 Å². The maximum absolute atomic E-state index is 13.2. The SMILES string of the molecule is O=C1N[C@@H]2[C@H](N1)N(S(=O)(=O)c1ccc([N+](=O)[O-])cc1)CN2S(=O)(=O)c1ccc([N+](=O)[O-])cc1. The van der Waals surface area contributed by atoms with Crippen LogP contribution in [0.4, 0.5) is 16.2 Å². The number of urea groups is 1. The standard InChI is InChI=1S/C16H14N6O9S2/c23-16-17-14-15(18-16)20(33(30,31)13-7-3-11(4-8-13)22(26)27)9-19(14)32(28,29)12-5-1-10(2-6-12)21(24)25/h1-8,14-15H,9H2,(H2,17,18,23)/t14-,15+. The van der Waals surface area contributed by atoms with E-state index in [-0.39, 0.29) is 21.2 Å². The van der Waals surface area contributed by atoms with Crippen LogP contribution in [0.15, 0.2) is 58.3 Å². The second-order valence-corrected chi connectivity index (χ2v) is 10.7. The van der Waals surface area contributed by atoms with Gasteiger partial charge in [-0.25, -0.2) is 21.6 Å². The summed E-state index contributed by atoms with van der Waals surface area (Å²) in [5, 5.41) is 26.3. The summed E-state index contributed by atoms with van der Waals surface area (Å²) in [5.41, 5.74) is -0.682. The minimum absolute atomic E-state index is 0.341. The van der Waals surface area contributed by atoms with Gasteiger partial charge >= 0.3 is 6.03 Å². The predicted molar refractivity (Wildman–Crippen MR) is 108 cm³/mol. The van der Waals surface area contributed by atoms with Crippen molar-refractivity contribution in [3.63, 3.8) is 0 Å². The average Bonchev–Trinajstić information content (AvgIpc) is 3.31. The number of non-ortho nitro benzene ring substituents is 2. The smallest absolute Gasteiger partial charge is 0.317 e. The van der Waals surface area contributed by atoms with Crippen LogP contribution in [-0.2, 0) is 20.0 Å². The fourth-order valence-corrected chi connectivity index (χ4v) is 6.50. The maximum Gasteiger partial charge on any atom is 0.317 e. The Morgan fingerprint density at radius 3 is 1.36 bits per heavy atom. The molecule has 15 nitrogen and oxygen atoms in total. The molecular weight excluding hydrogens is 484 g/mol. The lowest BCUT2D eigenvalue weighted by atomic mass is 10.3. The third-order valence-corrected chi connectivity index (χ3v) is 8.72. The van der Waals surface area contributed by atoms with Crippen molar-refractivity contribution >= 4 is 37.5 Å². The monoisotopic (exact) mass is 498 g/mol. The average molecular weight is 498 g/mol. The van der Waals surface area contributed by atoms with Crippen molar-refractivity contribution in [1.82, 2.24) is 19.2 Å². The summed E-state index contributed by atoms with van der Waals surface area (Å²) in [6.45, 7) is -0.693. The van der Waals surface area contributed by atoms with Gasteiger partial charge in [-0.3, -0.25) is 20.2 Å². The van der Waals surface area contributed by atoms with E-state index in [0.29, 0.717) is 0 Å². The van der Waals surface area contributed by atoms with Gasteiger partial charge in [0.05, 0.1) is 26.3 Å². The number of fused-ring (bicyclic) bond motifs is 1. The molecule has 0 aliphatic carbocycles. The molecule has 2 fully saturated rings. The molecule has 2 aliphatic heterocycles. The molecule has 4 rings (SSSR count). The van der Waals surface area contributed by atoms with Crippen LogP contribution in [0.3, 0.4) is 0 Å². The molecule has 0 saturated carbocycles. The van der Waals surface area contributed by atoms with E-state index in [1.807, 2.05) is 0 Å². The van der Waals surface area contributed by atoms with Gasteiger partial charge in [-0.15, -0.1) is 0 Å². The van der Waals surface area contributed by atoms with Crippen LogP contribution in [0.5, 0.6) is 0 Å². The first-order valence-electron chi connectivity index (χ1n) is 9.02. The van der Waals surface area contributed by atoms with Crippen molar-refractivity contribution in [3.8, 4) is 0 Å². The molecule has 2 aliphatic rings. The first kappa shape index (κ1) is 22.5. The number of sulfonamides is 2. The van der Waals surface area contributed by atoms with Crippen molar-refractivity contribution in [2.75, 3.05) is 6.67 Å². The second-order valence-electron chi connectivity index (χ2n) is 6.94. The van der Waals surface area contributed by atoms with Crippen molar-refractivity contribution in [3.05, 3.63) is 68.8 Å². The molecule has 2 aromatic rings.